The van der Waals surface area contributed by atoms with Gasteiger partial charge in [-0.1, -0.05) is 40.2 Å². The van der Waals surface area contributed by atoms with Gasteiger partial charge in [-0.05, 0) is 49.2 Å². The lowest BCUT2D eigenvalue weighted by Gasteiger charge is -2.35. The number of hydrogen-bond acceptors (Lipinski definition) is 4. The van der Waals surface area contributed by atoms with E-state index in [2.05, 4.69) is 45.1 Å². The van der Waals surface area contributed by atoms with Gasteiger partial charge in [0.1, 0.15) is 5.82 Å². The Hall–Kier alpha value is -2.48. The van der Waals surface area contributed by atoms with Crippen molar-refractivity contribution in [1.82, 2.24) is 14.7 Å². The van der Waals surface area contributed by atoms with Crippen molar-refractivity contribution in [2.24, 2.45) is 0 Å². The molecule has 1 aromatic heterocycles. The average molecular weight is 483 g/mol. The largest absolute Gasteiger partial charge is 0.373 e. The summed E-state index contributed by atoms with van der Waals surface area (Å²) >= 11 is 3.45. The second-order valence-corrected chi connectivity index (χ2v) is 9.02. The molecule has 2 heterocycles. The van der Waals surface area contributed by atoms with Crippen molar-refractivity contribution < 1.29 is 9.53 Å². The molecule has 1 N–H and O–H groups in total. The molecule has 2 unspecified atom stereocenters. The maximum atomic E-state index is 12.8. The van der Waals surface area contributed by atoms with Gasteiger partial charge in [-0.3, -0.25) is 9.69 Å². The van der Waals surface area contributed by atoms with Gasteiger partial charge >= 0.3 is 0 Å². The molecule has 0 spiro atoms. The summed E-state index contributed by atoms with van der Waals surface area (Å²) in [6, 6.07) is 17.7. The fraction of sp³-hybridized carbons (Fsp3) is 0.333. The molecule has 0 bridgehead atoms. The van der Waals surface area contributed by atoms with Crippen LogP contribution in [0, 0.1) is 0 Å². The van der Waals surface area contributed by atoms with E-state index >= 15 is 0 Å². The van der Waals surface area contributed by atoms with E-state index in [1.807, 2.05) is 54.6 Å². The van der Waals surface area contributed by atoms with Gasteiger partial charge in [0.25, 0.3) is 5.91 Å². The molecule has 1 fully saturated rings. The molecule has 2 aromatic carbocycles. The van der Waals surface area contributed by atoms with Crippen LogP contribution in [0.15, 0.2) is 65.3 Å². The van der Waals surface area contributed by atoms with Crippen LogP contribution in [0.5, 0.6) is 0 Å². The molecule has 0 radical (unpaired) electrons. The number of halogens is 1. The smallest absolute Gasteiger partial charge is 0.256 e. The summed E-state index contributed by atoms with van der Waals surface area (Å²) < 4.78 is 8.62. The lowest BCUT2D eigenvalue weighted by molar-refractivity contribution is -0.0704. The van der Waals surface area contributed by atoms with Gasteiger partial charge in [0, 0.05) is 35.7 Å². The molecule has 1 aliphatic heterocycles. The highest BCUT2D eigenvalue weighted by atomic mass is 79.9. The number of rotatable bonds is 6. The number of nitrogens with zero attached hydrogens (tertiary/aromatic N) is 3. The van der Waals surface area contributed by atoms with E-state index < -0.39 is 0 Å². The van der Waals surface area contributed by atoms with Crippen LogP contribution in [0.4, 0.5) is 5.82 Å². The third kappa shape index (κ3) is 5.81. The second-order valence-electron chi connectivity index (χ2n) is 8.10. The number of anilines is 1. The molecule has 31 heavy (non-hydrogen) atoms. The molecule has 2 atom stereocenters. The summed E-state index contributed by atoms with van der Waals surface area (Å²) in [7, 11) is 0. The van der Waals surface area contributed by atoms with E-state index in [9.17, 15) is 4.79 Å². The molecule has 1 aliphatic rings. The van der Waals surface area contributed by atoms with Crippen molar-refractivity contribution in [2.45, 2.75) is 39.1 Å². The van der Waals surface area contributed by atoms with Crippen LogP contribution in [-0.4, -0.2) is 45.9 Å². The standard InChI is InChI=1S/C24H27BrN4O2/c1-17-13-28(14-18(2)31-17)15-19-3-7-21(8-4-19)24(30)27-23-11-12-26-29(23)16-20-5-9-22(25)10-6-20/h3-12,17-18H,13-16H2,1-2H3,(H,27,30). The van der Waals surface area contributed by atoms with Crippen LogP contribution in [0.25, 0.3) is 0 Å². The second kappa shape index (κ2) is 9.77. The highest BCUT2D eigenvalue weighted by molar-refractivity contribution is 9.10. The summed E-state index contributed by atoms with van der Waals surface area (Å²) in [4.78, 5) is 15.2. The Morgan fingerprint density at radius 3 is 2.29 bits per heavy atom. The molecule has 162 valence electrons. The highest BCUT2D eigenvalue weighted by Gasteiger charge is 2.22. The molecular weight excluding hydrogens is 456 g/mol. The summed E-state index contributed by atoms with van der Waals surface area (Å²) in [5.74, 6) is 0.533. The van der Waals surface area contributed by atoms with Gasteiger partial charge < -0.3 is 10.1 Å². The lowest BCUT2D eigenvalue weighted by Crippen LogP contribution is -2.44. The van der Waals surface area contributed by atoms with Gasteiger partial charge in [-0.25, -0.2) is 4.68 Å². The minimum absolute atomic E-state index is 0.141. The number of morpholine rings is 1. The van der Waals surface area contributed by atoms with Crippen LogP contribution in [0.1, 0.15) is 35.3 Å². The first-order valence-electron chi connectivity index (χ1n) is 10.5. The fourth-order valence-corrected chi connectivity index (χ4v) is 4.21. The zero-order valence-corrected chi connectivity index (χ0v) is 19.4. The molecule has 4 rings (SSSR count). The lowest BCUT2D eigenvalue weighted by atomic mass is 10.1. The molecule has 3 aromatic rings. The van der Waals surface area contributed by atoms with Crippen LogP contribution in [0.2, 0.25) is 0 Å². The number of aromatic nitrogens is 2. The van der Waals surface area contributed by atoms with Crippen molar-refractivity contribution >= 4 is 27.7 Å². The summed E-state index contributed by atoms with van der Waals surface area (Å²) in [6.07, 6.45) is 2.19. The van der Waals surface area contributed by atoms with Crippen molar-refractivity contribution in [3.8, 4) is 0 Å². The number of carbonyl (C=O) groups is 1. The van der Waals surface area contributed by atoms with Crippen molar-refractivity contribution in [2.75, 3.05) is 18.4 Å². The van der Waals surface area contributed by atoms with Gasteiger partial charge in [-0.2, -0.15) is 5.10 Å². The Bertz CT molecular complexity index is 1010. The van der Waals surface area contributed by atoms with E-state index in [0.29, 0.717) is 17.9 Å². The minimum atomic E-state index is -0.141. The van der Waals surface area contributed by atoms with Crippen LogP contribution < -0.4 is 5.32 Å². The van der Waals surface area contributed by atoms with Gasteiger partial charge in [0.15, 0.2) is 0 Å². The number of nitrogens with one attached hydrogen (secondary N) is 1. The van der Waals surface area contributed by atoms with Crippen molar-refractivity contribution in [3.05, 3.63) is 82.0 Å². The van der Waals surface area contributed by atoms with Gasteiger partial charge in [0.05, 0.1) is 24.9 Å². The van der Waals surface area contributed by atoms with E-state index in [4.69, 9.17) is 4.74 Å². The first-order chi connectivity index (χ1) is 15.0. The molecule has 1 saturated heterocycles. The Labute approximate surface area is 191 Å². The minimum Gasteiger partial charge on any atom is -0.373 e. The van der Waals surface area contributed by atoms with Gasteiger partial charge in [-0.15, -0.1) is 0 Å². The zero-order chi connectivity index (χ0) is 21.8. The molecule has 0 saturated carbocycles. The maximum absolute atomic E-state index is 12.8. The van der Waals surface area contributed by atoms with E-state index in [1.165, 1.54) is 5.56 Å². The van der Waals surface area contributed by atoms with Gasteiger partial charge in [0.2, 0.25) is 0 Å². The first kappa shape index (κ1) is 21.7. The number of hydrogen-bond donors (Lipinski definition) is 1. The summed E-state index contributed by atoms with van der Waals surface area (Å²) in [5.41, 5.74) is 2.93. The Morgan fingerprint density at radius 2 is 1.61 bits per heavy atom. The third-order valence-electron chi connectivity index (χ3n) is 5.32. The van der Waals surface area contributed by atoms with Crippen molar-refractivity contribution in [3.63, 3.8) is 0 Å². The van der Waals surface area contributed by atoms with Crippen LogP contribution in [0.3, 0.4) is 0 Å². The normalized spacial score (nSPS) is 19.3. The molecule has 7 heteroatoms. The highest BCUT2D eigenvalue weighted by Crippen LogP contribution is 2.17. The van der Waals surface area contributed by atoms with E-state index in [0.717, 1.165) is 29.7 Å². The Balaban J connectivity index is 1.37. The zero-order valence-electron chi connectivity index (χ0n) is 17.8. The van der Waals surface area contributed by atoms with E-state index in [-0.39, 0.29) is 18.1 Å². The van der Waals surface area contributed by atoms with E-state index in [1.54, 1.807) is 10.9 Å². The number of carbonyl (C=O) groups excluding carboxylic acids is 1. The van der Waals surface area contributed by atoms with Crippen LogP contribution in [-0.2, 0) is 17.8 Å². The third-order valence-corrected chi connectivity index (χ3v) is 5.85. The monoisotopic (exact) mass is 482 g/mol. The number of amides is 1. The molecule has 6 nitrogen and oxygen atoms in total. The fourth-order valence-electron chi connectivity index (χ4n) is 3.95. The Morgan fingerprint density at radius 1 is 1.00 bits per heavy atom. The number of benzene rings is 2. The average Bonchev–Trinajstić information content (AvgIpc) is 3.16. The van der Waals surface area contributed by atoms with Crippen LogP contribution >= 0.6 is 15.9 Å². The quantitative estimate of drug-likeness (QED) is 0.559. The maximum Gasteiger partial charge on any atom is 0.256 e. The molecule has 0 aliphatic carbocycles. The van der Waals surface area contributed by atoms with Crippen molar-refractivity contribution in [1.29, 1.82) is 0 Å². The first-order valence-corrected chi connectivity index (χ1v) is 11.3. The molecule has 1 amide bonds. The molecular formula is C24H27BrN4O2. The predicted molar refractivity (Wildman–Crippen MR) is 125 cm³/mol. The number of ether oxygens (including phenoxy) is 1. The topological polar surface area (TPSA) is 59.4 Å². The SMILES string of the molecule is CC1CN(Cc2ccc(C(=O)Nc3ccnn3Cc3ccc(Br)cc3)cc2)CC(C)O1. The predicted octanol–water partition coefficient (Wildman–Crippen LogP) is 4.56. The Kier molecular flexibility index (Phi) is 6.85. The summed E-state index contributed by atoms with van der Waals surface area (Å²) in [6.45, 7) is 7.52. The summed E-state index contributed by atoms with van der Waals surface area (Å²) in [5, 5.41) is 7.32.